The Labute approximate surface area is 150 Å². The fourth-order valence-corrected chi connectivity index (χ4v) is 2.65. The Balaban J connectivity index is 3.16. The van der Waals surface area contributed by atoms with Crippen molar-refractivity contribution in [2.24, 2.45) is 5.73 Å². The highest BCUT2D eigenvalue weighted by Crippen LogP contribution is 2.09. The molecule has 0 unspecified atom stereocenters. The molecule has 0 aromatic carbocycles. The third kappa shape index (κ3) is 19.2. The molecule has 0 aliphatic carbocycles. The van der Waals surface area contributed by atoms with Crippen molar-refractivity contribution in [3.8, 4) is 0 Å². The van der Waals surface area contributed by atoms with E-state index >= 15 is 0 Å². The van der Waals surface area contributed by atoms with Crippen LogP contribution in [-0.2, 0) is 4.79 Å². The molecule has 0 atom stereocenters. The van der Waals surface area contributed by atoms with Crippen molar-refractivity contribution in [3.63, 3.8) is 0 Å². The summed E-state index contributed by atoms with van der Waals surface area (Å²) in [6.07, 6.45) is 22.0. The second-order valence-corrected chi connectivity index (χ2v) is 6.60. The van der Waals surface area contributed by atoms with Crippen LogP contribution in [0.5, 0.6) is 0 Å². The molecule has 0 bridgehead atoms. The van der Waals surface area contributed by atoms with E-state index < -0.39 is 0 Å². The number of carbonyl (C=O) groups is 1. The minimum absolute atomic E-state index is 0.0704. The van der Waals surface area contributed by atoms with Crippen LogP contribution >= 0.6 is 0 Å². The van der Waals surface area contributed by atoms with Crippen molar-refractivity contribution in [1.29, 1.82) is 0 Å². The Morgan fingerprint density at radius 3 is 1.96 bits per heavy atom. The third-order valence-corrected chi connectivity index (χ3v) is 4.16. The lowest BCUT2D eigenvalue weighted by Crippen LogP contribution is -2.40. The third-order valence-electron chi connectivity index (χ3n) is 4.16. The molecule has 0 rings (SSSR count). The molecule has 1 amide bonds. The quantitative estimate of drug-likeness (QED) is 0.194. The number of hydrogen-bond donors (Lipinski definition) is 3. The summed E-state index contributed by atoms with van der Waals surface area (Å²) in [4.78, 5) is 11.4. The molecule has 0 saturated carbocycles. The van der Waals surface area contributed by atoms with Crippen molar-refractivity contribution >= 4 is 5.91 Å². The monoisotopic (exact) mass is 339 g/mol. The van der Waals surface area contributed by atoms with E-state index in [9.17, 15) is 4.79 Å². The predicted octanol–water partition coefficient (Wildman–Crippen LogP) is 4.60. The van der Waals surface area contributed by atoms with Gasteiger partial charge in [0.1, 0.15) is 0 Å². The molecule has 0 aliphatic rings. The summed E-state index contributed by atoms with van der Waals surface area (Å²) in [5.41, 5.74) is 10.8. The van der Waals surface area contributed by atoms with E-state index in [1.165, 1.54) is 70.6 Å². The Morgan fingerprint density at radius 2 is 1.38 bits per heavy atom. The second-order valence-electron chi connectivity index (χ2n) is 6.60. The van der Waals surface area contributed by atoms with Crippen LogP contribution in [0.2, 0.25) is 0 Å². The van der Waals surface area contributed by atoms with Crippen LogP contribution < -0.4 is 16.6 Å². The first-order valence-electron chi connectivity index (χ1n) is 10.2. The van der Waals surface area contributed by atoms with E-state index in [0.717, 1.165) is 12.8 Å². The summed E-state index contributed by atoms with van der Waals surface area (Å²) < 4.78 is 0. The average molecular weight is 340 g/mol. The van der Waals surface area contributed by atoms with E-state index in [2.05, 4.69) is 29.9 Å². The van der Waals surface area contributed by atoms with Crippen molar-refractivity contribution in [2.45, 2.75) is 96.8 Å². The normalized spacial score (nSPS) is 11.2. The van der Waals surface area contributed by atoms with Gasteiger partial charge in [-0.1, -0.05) is 70.4 Å². The van der Waals surface area contributed by atoms with Crippen LogP contribution in [0.4, 0.5) is 0 Å². The summed E-state index contributed by atoms with van der Waals surface area (Å²) in [5, 5.41) is 0. The highest BCUT2D eigenvalue weighted by atomic mass is 16.2. The molecule has 0 fully saturated rings. The number of nitrogens with two attached hydrogens (primary N) is 1. The first kappa shape index (κ1) is 23.1. The highest BCUT2D eigenvalue weighted by Gasteiger charge is 1.99. The zero-order valence-electron chi connectivity index (χ0n) is 16.0. The summed E-state index contributed by atoms with van der Waals surface area (Å²) >= 11 is 0. The SMILES string of the molecule is CCCCCCCC/C=C\CCCCCCCC(=O)NNCCN. The van der Waals surface area contributed by atoms with E-state index in [1.807, 2.05) is 0 Å². The largest absolute Gasteiger partial charge is 0.329 e. The molecule has 0 aromatic heterocycles. The topological polar surface area (TPSA) is 67.2 Å². The number of hydrogen-bond acceptors (Lipinski definition) is 3. The van der Waals surface area contributed by atoms with Gasteiger partial charge in [-0.2, -0.15) is 0 Å². The minimum atomic E-state index is 0.0704. The maximum Gasteiger partial charge on any atom is 0.234 e. The molecule has 0 heterocycles. The molecule has 0 spiro atoms. The fraction of sp³-hybridized carbons (Fsp3) is 0.850. The summed E-state index contributed by atoms with van der Waals surface area (Å²) in [6, 6.07) is 0. The fourth-order valence-electron chi connectivity index (χ4n) is 2.65. The Bertz CT molecular complexity index is 293. The average Bonchev–Trinajstić information content (AvgIpc) is 2.58. The lowest BCUT2D eigenvalue weighted by molar-refractivity contribution is -0.122. The molecule has 142 valence electrons. The molecule has 4 heteroatoms. The number of allylic oxidation sites excluding steroid dienone is 2. The number of amides is 1. The van der Waals surface area contributed by atoms with Crippen molar-refractivity contribution in [3.05, 3.63) is 12.2 Å². The van der Waals surface area contributed by atoms with Gasteiger partial charge in [-0.05, 0) is 32.1 Å². The van der Waals surface area contributed by atoms with Crippen molar-refractivity contribution in [2.75, 3.05) is 13.1 Å². The lowest BCUT2D eigenvalue weighted by Gasteiger charge is -2.05. The summed E-state index contributed by atoms with van der Waals surface area (Å²) in [7, 11) is 0. The summed E-state index contributed by atoms with van der Waals surface area (Å²) in [5.74, 6) is 0.0704. The number of carbonyl (C=O) groups excluding carboxylic acids is 1. The van der Waals surface area contributed by atoms with Crippen LogP contribution in [0.25, 0.3) is 0 Å². The molecule has 0 radical (unpaired) electrons. The minimum Gasteiger partial charge on any atom is -0.329 e. The van der Waals surface area contributed by atoms with Gasteiger partial charge in [-0.3, -0.25) is 10.2 Å². The zero-order chi connectivity index (χ0) is 17.7. The van der Waals surface area contributed by atoms with E-state index in [0.29, 0.717) is 19.5 Å². The van der Waals surface area contributed by atoms with Crippen LogP contribution in [0.15, 0.2) is 12.2 Å². The second kappa shape index (κ2) is 20.2. The maximum atomic E-state index is 11.4. The van der Waals surface area contributed by atoms with E-state index in [-0.39, 0.29) is 5.91 Å². The molecule has 4 N–H and O–H groups in total. The van der Waals surface area contributed by atoms with Crippen molar-refractivity contribution in [1.82, 2.24) is 10.9 Å². The van der Waals surface area contributed by atoms with Gasteiger partial charge in [-0.15, -0.1) is 0 Å². The molecule has 24 heavy (non-hydrogen) atoms. The Kier molecular flexibility index (Phi) is 19.4. The molecular weight excluding hydrogens is 298 g/mol. The Hall–Kier alpha value is -0.870. The number of hydrazine groups is 1. The maximum absolute atomic E-state index is 11.4. The van der Waals surface area contributed by atoms with Gasteiger partial charge in [0.05, 0.1) is 0 Å². The number of rotatable bonds is 18. The smallest absolute Gasteiger partial charge is 0.234 e. The van der Waals surface area contributed by atoms with Gasteiger partial charge in [0, 0.05) is 19.5 Å². The molecule has 0 saturated heterocycles. The van der Waals surface area contributed by atoms with Gasteiger partial charge in [0.2, 0.25) is 5.91 Å². The van der Waals surface area contributed by atoms with Gasteiger partial charge >= 0.3 is 0 Å². The molecule has 0 aromatic rings. The van der Waals surface area contributed by atoms with Gasteiger partial charge in [0.15, 0.2) is 0 Å². The molecular formula is C20H41N3O. The lowest BCUT2D eigenvalue weighted by atomic mass is 10.1. The number of nitrogens with one attached hydrogen (secondary N) is 2. The van der Waals surface area contributed by atoms with Crippen LogP contribution in [-0.4, -0.2) is 19.0 Å². The molecule has 0 aliphatic heterocycles. The standard InChI is InChI=1S/C20H41N3O/c1-2-3-4-5-6-7-8-9-10-11-12-13-14-15-16-17-20(24)23-22-19-18-21/h9-10,22H,2-8,11-19,21H2,1H3,(H,23,24)/b10-9-. The van der Waals surface area contributed by atoms with Crippen molar-refractivity contribution < 1.29 is 4.79 Å². The number of unbranched alkanes of at least 4 members (excludes halogenated alkanes) is 11. The van der Waals surface area contributed by atoms with Gasteiger partial charge in [-0.25, -0.2) is 5.43 Å². The first-order valence-corrected chi connectivity index (χ1v) is 10.2. The first-order chi connectivity index (χ1) is 11.8. The van der Waals surface area contributed by atoms with Crippen LogP contribution in [0.1, 0.15) is 96.8 Å². The van der Waals surface area contributed by atoms with Gasteiger partial charge in [0.25, 0.3) is 0 Å². The predicted molar refractivity (Wildman–Crippen MR) is 105 cm³/mol. The molecule has 4 nitrogen and oxygen atoms in total. The van der Waals surface area contributed by atoms with Crippen LogP contribution in [0.3, 0.4) is 0 Å². The van der Waals surface area contributed by atoms with Crippen LogP contribution in [0, 0.1) is 0 Å². The van der Waals surface area contributed by atoms with E-state index in [1.54, 1.807) is 0 Å². The zero-order valence-corrected chi connectivity index (χ0v) is 16.0. The van der Waals surface area contributed by atoms with Gasteiger partial charge < -0.3 is 5.73 Å². The highest BCUT2D eigenvalue weighted by molar-refractivity contribution is 5.75. The van der Waals surface area contributed by atoms with E-state index in [4.69, 9.17) is 5.73 Å². The summed E-state index contributed by atoms with van der Waals surface area (Å²) in [6.45, 7) is 3.42. The Morgan fingerprint density at radius 1 is 0.833 bits per heavy atom.